The van der Waals surface area contributed by atoms with Crippen LogP contribution in [0.25, 0.3) is 0 Å². The van der Waals surface area contributed by atoms with Gasteiger partial charge in [0.2, 0.25) is 0 Å². The molecular weight excluding hydrogens is 461 g/mol. The molecule has 0 saturated carbocycles. The number of hydrogen-bond donors (Lipinski definition) is 0. The van der Waals surface area contributed by atoms with Crippen molar-refractivity contribution in [1.82, 2.24) is 9.91 Å². The quantitative estimate of drug-likeness (QED) is 0.471. The van der Waals surface area contributed by atoms with Crippen molar-refractivity contribution in [2.24, 2.45) is 5.10 Å². The molecule has 0 bridgehead atoms. The van der Waals surface area contributed by atoms with Crippen LogP contribution in [-0.4, -0.2) is 54.2 Å². The van der Waals surface area contributed by atoms with E-state index in [0.717, 1.165) is 0 Å². The summed E-state index contributed by atoms with van der Waals surface area (Å²) in [4.78, 5) is 27.7. The van der Waals surface area contributed by atoms with E-state index in [1.54, 1.807) is 42.5 Å². The van der Waals surface area contributed by atoms with Gasteiger partial charge >= 0.3 is 0 Å². The van der Waals surface area contributed by atoms with Gasteiger partial charge in [-0.05, 0) is 24.3 Å². The minimum absolute atomic E-state index is 0.108. The van der Waals surface area contributed by atoms with Crippen molar-refractivity contribution < 1.29 is 23.1 Å². The Balaban J connectivity index is 1.65. The SMILES string of the molecule is COCCN(CC(=O)N1N=C(c2ccccc2Cl)CC1c1ccccc1F)C(=O)c1ccco1. The standard InChI is InChI=1S/C25H23ClFN3O4/c1-33-14-12-29(25(32)23-11-6-13-34-23)16-24(31)30-22(18-8-3-5-10-20(18)27)15-21(28-30)17-7-2-4-9-19(17)26/h2-11,13,22H,12,14-16H2,1H3. The Morgan fingerprint density at radius 3 is 2.65 bits per heavy atom. The molecule has 34 heavy (non-hydrogen) atoms. The van der Waals surface area contributed by atoms with Crippen molar-refractivity contribution in [2.45, 2.75) is 12.5 Å². The van der Waals surface area contributed by atoms with Gasteiger partial charge in [-0.2, -0.15) is 5.10 Å². The van der Waals surface area contributed by atoms with Gasteiger partial charge in [0.05, 0.1) is 24.6 Å². The van der Waals surface area contributed by atoms with E-state index in [-0.39, 0.29) is 31.9 Å². The van der Waals surface area contributed by atoms with Gasteiger partial charge in [-0.25, -0.2) is 9.40 Å². The van der Waals surface area contributed by atoms with Crippen molar-refractivity contribution in [1.29, 1.82) is 0 Å². The fourth-order valence-corrected chi connectivity index (χ4v) is 4.08. The number of hydrogen-bond acceptors (Lipinski definition) is 5. The summed E-state index contributed by atoms with van der Waals surface area (Å²) >= 11 is 6.36. The van der Waals surface area contributed by atoms with E-state index in [1.807, 2.05) is 6.07 Å². The molecule has 0 aliphatic carbocycles. The van der Waals surface area contributed by atoms with Crippen LogP contribution in [0, 0.1) is 5.82 Å². The Labute approximate surface area is 201 Å². The van der Waals surface area contributed by atoms with E-state index in [4.69, 9.17) is 20.8 Å². The zero-order valence-corrected chi connectivity index (χ0v) is 19.2. The van der Waals surface area contributed by atoms with E-state index in [2.05, 4.69) is 5.10 Å². The maximum Gasteiger partial charge on any atom is 0.290 e. The summed E-state index contributed by atoms with van der Waals surface area (Å²) in [7, 11) is 1.51. The van der Waals surface area contributed by atoms with Crippen LogP contribution in [-0.2, 0) is 9.53 Å². The van der Waals surface area contributed by atoms with Gasteiger partial charge in [-0.1, -0.05) is 48.0 Å². The van der Waals surface area contributed by atoms with Gasteiger partial charge in [-0.15, -0.1) is 0 Å². The third-order valence-electron chi connectivity index (χ3n) is 5.53. The molecule has 7 nitrogen and oxygen atoms in total. The molecule has 0 spiro atoms. The molecule has 2 aromatic carbocycles. The lowest BCUT2D eigenvalue weighted by molar-refractivity contribution is -0.133. The molecule has 2 heterocycles. The molecule has 0 N–H and O–H groups in total. The highest BCUT2D eigenvalue weighted by Crippen LogP contribution is 2.35. The van der Waals surface area contributed by atoms with Crippen LogP contribution in [0.4, 0.5) is 4.39 Å². The molecule has 4 rings (SSSR count). The van der Waals surface area contributed by atoms with Crippen LogP contribution < -0.4 is 0 Å². The summed E-state index contributed by atoms with van der Waals surface area (Å²) in [5.41, 5.74) is 1.57. The molecule has 1 unspecified atom stereocenters. The van der Waals surface area contributed by atoms with Gasteiger partial charge < -0.3 is 14.1 Å². The molecule has 0 radical (unpaired) electrons. The van der Waals surface area contributed by atoms with Gasteiger partial charge in [0.15, 0.2) is 5.76 Å². The number of ether oxygens (including phenoxy) is 1. The van der Waals surface area contributed by atoms with Crippen LogP contribution in [0.1, 0.15) is 34.1 Å². The summed E-state index contributed by atoms with van der Waals surface area (Å²) in [6.07, 6.45) is 1.67. The predicted molar refractivity (Wildman–Crippen MR) is 125 cm³/mol. The highest BCUT2D eigenvalue weighted by molar-refractivity contribution is 6.34. The minimum Gasteiger partial charge on any atom is -0.459 e. The maximum absolute atomic E-state index is 14.7. The highest BCUT2D eigenvalue weighted by Gasteiger charge is 2.36. The molecule has 3 aromatic rings. The Kier molecular flexibility index (Phi) is 7.40. The van der Waals surface area contributed by atoms with E-state index in [9.17, 15) is 14.0 Å². The zero-order valence-electron chi connectivity index (χ0n) is 18.5. The lowest BCUT2D eigenvalue weighted by Crippen LogP contribution is -2.42. The molecule has 1 atom stereocenters. The summed E-state index contributed by atoms with van der Waals surface area (Å²) in [6, 6.07) is 15.9. The molecule has 1 aliphatic rings. The first-order valence-electron chi connectivity index (χ1n) is 10.7. The monoisotopic (exact) mass is 483 g/mol. The van der Waals surface area contributed by atoms with Crippen LogP contribution in [0.15, 0.2) is 76.4 Å². The molecule has 176 valence electrons. The summed E-state index contributed by atoms with van der Waals surface area (Å²) < 4.78 is 25.0. The van der Waals surface area contributed by atoms with Crippen molar-refractivity contribution in [2.75, 3.05) is 26.8 Å². The summed E-state index contributed by atoms with van der Waals surface area (Å²) in [6.45, 7) is 0.110. The van der Waals surface area contributed by atoms with E-state index >= 15 is 0 Å². The second-order valence-corrected chi connectivity index (χ2v) is 8.11. The first-order valence-corrected chi connectivity index (χ1v) is 11.1. The summed E-state index contributed by atoms with van der Waals surface area (Å²) in [5, 5.41) is 6.26. The number of hydrazone groups is 1. The number of carbonyl (C=O) groups excluding carboxylic acids is 2. The lowest BCUT2D eigenvalue weighted by atomic mass is 9.98. The first kappa shape index (κ1) is 23.7. The topological polar surface area (TPSA) is 75.3 Å². The van der Waals surface area contributed by atoms with Crippen molar-refractivity contribution in [3.8, 4) is 0 Å². The number of carbonyl (C=O) groups is 2. The van der Waals surface area contributed by atoms with Crippen LogP contribution in [0.3, 0.4) is 0 Å². The number of nitrogens with zero attached hydrogens (tertiary/aromatic N) is 3. The fourth-order valence-electron chi connectivity index (χ4n) is 3.83. The predicted octanol–water partition coefficient (Wildman–Crippen LogP) is 4.54. The van der Waals surface area contributed by atoms with Gasteiger partial charge in [0, 0.05) is 36.2 Å². The largest absolute Gasteiger partial charge is 0.459 e. The summed E-state index contributed by atoms with van der Waals surface area (Å²) in [5.74, 6) is -1.25. The van der Waals surface area contributed by atoms with Gasteiger partial charge in [-0.3, -0.25) is 9.59 Å². The minimum atomic E-state index is -0.678. The number of furan rings is 1. The molecule has 0 saturated heterocycles. The molecule has 1 aromatic heterocycles. The molecular formula is C25H23ClFN3O4. The highest BCUT2D eigenvalue weighted by atomic mass is 35.5. The number of amides is 2. The Morgan fingerprint density at radius 2 is 1.94 bits per heavy atom. The molecule has 1 aliphatic heterocycles. The van der Waals surface area contributed by atoms with Crippen molar-refractivity contribution in [3.05, 3.63) is 94.7 Å². The third kappa shape index (κ3) is 5.03. The van der Waals surface area contributed by atoms with Crippen molar-refractivity contribution in [3.63, 3.8) is 0 Å². The van der Waals surface area contributed by atoms with Crippen LogP contribution >= 0.6 is 11.6 Å². The van der Waals surface area contributed by atoms with Crippen LogP contribution in [0.5, 0.6) is 0 Å². The average Bonchev–Trinajstić information content (AvgIpc) is 3.52. The van der Waals surface area contributed by atoms with E-state index in [0.29, 0.717) is 21.9 Å². The van der Waals surface area contributed by atoms with Crippen molar-refractivity contribution >= 4 is 29.1 Å². The lowest BCUT2D eigenvalue weighted by Gasteiger charge is -2.26. The number of rotatable bonds is 8. The molecule has 9 heteroatoms. The van der Waals surface area contributed by atoms with Gasteiger partial charge in [0.25, 0.3) is 11.8 Å². The Morgan fingerprint density at radius 1 is 1.18 bits per heavy atom. The van der Waals surface area contributed by atoms with Crippen LogP contribution in [0.2, 0.25) is 5.02 Å². The zero-order chi connectivity index (χ0) is 24.1. The number of methoxy groups -OCH3 is 1. The smallest absolute Gasteiger partial charge is 0.290 e. The van der Waals surface area contributed by atoms with E-state index < -0.39 is 23.7 Å². The second-order valence-electron chi connectivity index (χ2n) is 7.70. The maximum atomic E-state index is 14.7. The molecule has 2 amide bonds. The third-order valence-corrected chi connectivity index (χ3v) is 5.86. The number of benzene rings is 2. The fraction of sp³-hybridized carbons (Fsp3) is 0.240. The first-order chi connectivity index (χ1) is 16.5. The Hall–Kier alpha value is -3.49. The van der Waals surface area contributed by atoms with Gasteiger partial charge in [0.1, 0.15) is 12.4 Å². The number of halogens is 2. The second kappa shape index (κ2) is 10.6. The Bertz CT molecular complexity index is 1200. The molecule has 0 fully saturated rings. The van der Waals surface area contributed by atoms with E-state index in [1.165, 1.54) is 35.4 Å². The normalized spacial score (nSPS) is 15.3. The average molecular weight is 484 g/mol.